The standard InChI is InChI=1S/C15H22N2O2/c1-11-5-6-13(14(18)9-11)15(19)17-8-4-7-16(3)10-12(17)2/h5-6,9,12,18H,4,7-8,10H2,1-3H3. The largest absolute Gasteiger partial charge is 0.507 e. The lowest BCUT2D eigenvalue weighted by Gasteiger charge is -2.28. The third kappa shape index (κ3) is 3.07. The topological polar surface area (TPSA) is 43.8 Å². The second-order valence-corrected chi connectivity index (χ2v) is 5.48. The van der Waals surface area contributed by atoms with Gasteiger partial charge in [0.1, 0.15) is 5.75 Å². The van der Waals surface area contributed by atoms with Gasteiger partial charge < -0.3 is 14.9 Å². The molecule has 0 spiro atoms. The Bertz CT molecular complexity index is 473. The zero-order valence-electron chi connectivity index (χ0n) is 11.9. The van der Waals surface area contributed by atoms with Gasteiger partial charge in [0.2, 0.25) is 0 Å². The summed E-state index contributed by atoms with van der Waals surface area (Å²) in [7, 11) is 2.08. The summed E-state index contributed by atoms with van der Waals surface area (Å²) in [5, 5.41) is 9.94. The molecule has 0 bridgehead atoms. The van der Waals surface area contributed by atoms with Gasteiger partial charge in [0, 0.05) is 19.1 Å². The Morgan fingerprint density at radius 2 is 2.11 bits per heavy atom. The highest BCUT2D eigenvalue weighted by molar-refractivity contribution is 5.97. The first-order valence-corrected chi connectivity index (χ1v) is 6.78. The molecule has 0 aromatic heterocycles. The number of likely N-dealkylation sites (N-methyl/N-ethyl adjacent to an activating group) is 1. The lowest BCUT2D eigenvalue weighted by Crippen LogP contribution is -2.42. The molecule has 1 amide bonds. The SMILES string of the molecule is Cc1ccc(C(=O)N2CCCN(C)CC2C)c(O)c1. The number of rotatable bonds is 1. The fourth-order valence-electron chi connectivity index (χ4n) is 2.65. The van der Waals surface area contributed by atoms with Gasteiger partial charge in [0.05, 0.1) is 5.56 Å². The number of carbonyl (C=O) groups is 1. The van der Waals surface area contributed by atoms with Crippen molar-refractivity contribution in [1.29, 1.82) is 0 Å². The third-order valence-corrected chi connectivity index (χ3v) is 3.69. The van der Waals surface area contributed by atoms with Crippen molar-refractivity contribution >= 4 is 5.91 Å². The van der Waals surface area contributed by atoms with Gasteiger partial charge in [0.15, 0.2) is 0 Å². The first kappa shape index (κ1) is 13.9. The Balaban J connectivity index is 2.22. The zero-order chi connectivity index (χ0) is 14.0. The number of benzene rings is 1. The maximum Gasteiger partial charge on any atom is 0.257 e. The van der Waals surface area contributed by atoms with Crippen LogP contribution in [0.5, 0.6) is 5.75 Å². The fourth-order valence-corrected chi connectivity index (χ4v) is 2.65. The van der Waals surface area contributed by atoms with E-state index >= 15 is 0 Å². The van der Waals surface area contributed by atoms with Crippen molar-refractivity contribution in [2.45, 2.75) is 26.3 Å². The summed E-state index contributed by atoms with van der Waals surface area (Å²) < 4.78 is 0. The van der Waals surface area contributed by atoms with Crippen LogP contribution in [-0.2, 0) is 0 Å². The molecular formula is C15H22N2O2. The summed E-state index contributed by atoms with van der Waals surface area (Å²) in [5.41, 5.74) is 1.36. The average molecular weight is 262 g/mol. The van der Waals surface area contributed by atoms with E-state index in [1.807, 2.05) is 17.9 Å². The summed E-state index contributed by atoms with van der Waals surface area (Å²) in [6.45, 7) is 6.59. The third-order valence-electron chi connectivity index (χ3n) is 3.69. The Kier molecular flexibility index (Phi) is 4.10. The quantitative estimate of drug-likeness (QED) is 0.840. The lowest BCUT2D eigenvalue weighted by molar-refractivity contribution is 0.0693. The smallest absolute Gasteiger partial charge is 0.257 e. The number of aromatic hydroxyl groups is 1. The van der Waals surface area contributed by atoms with Crippen LogP contribution >= 0.6 is 0 Å². The van der Waals surface area contributed by atoms with Gasteiger partial charge in [-0.2, -0.15) is 0 Å². The van der Waals surface area contributed by atoms with Crippen molar-refractivity contribution in [3.63, 3.8) is 0 Å². The van der Waals surface area contributed by atoms with E-state index < -0.39 is 0 Å². The maximum atomic E-state index is 12.5. The van der Waals surface area contributed by atoms with Crippen LogP contribution in [0.15, 0.2) is 18.2 Å². The van der Waals surface area contributed by atoms with Gasteiger partial charge >= 0.3 is 0 Å². The van der Waals surface area contributed by atoms with E-state index in [4.69, 9.17) is 0 Å². The van der Waals surface area contributed by atoms with Crippen molar-refractivity contribution < 1.29 is 9.90 Å². The minimum atomic E-state index is -0.0692. The van der Waals surface area contributed by atoms with Crippen molar-refractivity contribution in [3.05, 3.63) is 29.3 Å². The van der Waals surface area contributed by atoms with Gasteiger partial charge in [-0.3, -0.25) is 4.79 Å². The minimum Gasteiger partial charge on any atom is -0.507 e. The zero-order valence-corrected chi connectivity index (χ0v) is 11.9. The normalized spacial score (nSPS) is 21.2. The molecule has 2 rings (SSSR count). The predicted molar refractivity (Wildman–Crippen MR) is 75.5 cm³/mol. The minimum absolute atomic E-state index is 0.0692. The van der Waals surface area contributed by atoms with Crippen molar-refractivity contribution in [3.8, 4) is 5.75 Å². The molecule has 1 aliphatic rings. The van der Waals surface area contributed by atoms with Gasteiger partial charge in [-0.25, -0.2) is 0 Å². The van der Waals surface area contributed by atoms with Crippen LogP contribution in [0.25, 0.3) is 0 Å². The maximum absolute atomic E-state index is 12.5. The van der Waals surface area contributed by atoms with E-state index in [1.165, 1.54) is 0 Å². The van der Waals surface area contributed by atoms with Crippen LogP contribution in [0.1, 0.15) is 29.3 Å². The first-order valence-electron chi connectivity index (χ1n) is 6.78. The van der Waals surface area contributed by atoms with Crippen LogP contribution in [0.2, 0.25) is 0 Å². The molecule has 1 atom stereocenters. The molecule has 104 valence electrons. The van der Waals surface area contributed by atoms with E-state index in [0.29, 0.717) is 5.56 Å². The molecule has 1 aromatic carbocycles. The lowest BCUT2D eigenvalue weighted by atomic mass is 10.1. The van der Waals surface area contributed by atoms with Crippen LogP contribution < -0.4 is 0 Å². The fraction of sp³-hybridized carbons (Fsp3) is 0.533. The monoisotopic (exact) mass is 262 g/mol. The molecule has 1 fully saturated rings. The van der Waals surface area contributed by atoms with Gasteiger partial charge in [-0.05, 0) is 51.6 Å². The number of phenolic OH excluding ortho intramolecular Hbond substituents is 1. The predicted octanol–water partition coefficient (Wildman–Crippen LogP) is 1.87. The first-order chi connectivity index (χ1) is 8.99. The van der Waals surface area contributed by atoms with E-state index in [0.717, 1.165) is 31.6 Å². The number of hydrogen-bond acceptors (Lipinski definition) is 3. The molecule has 19 heavy (non-hydrogen) atoms. The van der Waals surface area contributed by atoms with Crippen LogP contribution in [-0.4, -0.2) is 53.5 Å². The summed E-state index contributed by atoms with van der Waals surface area (Å²) >= 11 is 0. The Morgan fingerprint density at radius 1 is 1.37 bits per heavy atom. The summed E-state index contributed by atoms with van der Waals surface area (Å²) in [6.07, 6.45) is 0.971. The van der Waals surface area contributed by atoms with E-state index in [9.17, 15) is 9.90 Å². The number of aryl methyl sites for hydroxylation is 1. The molecule has 1 unspecified atom stereocenters. The molecule has 1 saturated heterocycles. The van der Waals surface area contributed by atoms with E-state index in [1.54, 1.807) is 12.1 Å². The van der Waals surface area contributed by atoms with Crippen LogP contribution in [0.4, 0.5) is 0 Å². The summed E-state index contributed by atoms with van der Waals surface area (Å²) in [6, 6.07) is 5.39. The van der Waals surface area contributed by atoms with Gasteiger partial charge in [-0.1, -0.05) is 6.07 Å². The number of phenols is 1. The van der Waals surface area contributed by atoms with E-state index in [2.05, 4.69) is 18.9 Å². The summed E-state index contributed by atoms with van der Waals surface area (Å²) in [4.78, 5) is 16.7. The molecule has 0 aliphatic carbocycles. The van der Waals surface area contributed by atoms with Crippen LogP contribution in [0.3, 0.4) is 0 Å². The van der Waals surface area contributed by atoms with Crippen molar-refractivity contribution in [2.75, 3.05) is 26.7 Å². The molecule has 1 aliphatic heterocycles. The van der Waals surface area contributed by atoms with E-state index in [-0.39, 0.29) is 17.7 Å². The molecule has 4 heteroatoms. The average Bonchev–Trinajstić information content (AvgIpc) is 2.49. The van der Waals surface area contributed by atoms with Gasteiger partial charge in [-0.15, -0.1) is 0 Å². The number of carbonyl (C=O) groups excluding carboxylic acids is 1. The summed E-state index contributed by atoms with van der Waals surface area (Å²) in [5.74, 6) is 0.00935. The molecule has 1 heterocycles. The second-order valence-electron chi connectivity index (χ2n) is 5.48. The number of nitrogens with zero attached hydrogens (tertiary/aromatic N) is 2. The molecule has 4 nitrogen and oxygen atoms in total. The highest BCUT2D eigenvalue weighted by Crippen LogP contribution is 2.22. The number of amides is 1. The molecular weight excluding hydrogens is 240 g/mol. The molecule has 1 aromatic rings. The highest BCUT2D eigenvalue weighted by Gasteiger charge is 2.26. The Hall–Kier alpha value is -1.55. The highest BCUT2D eigenvalue weighted by atomic mass is 16.3. The molecule has 0 radical (unpaired) electrons. The van der Waals surface area contributed by atoms with Crippen LogP contribution in [0, 0.1) is 6.92 Å². The Labute approximate surface area is 114 Å². The second kappa shape index (κ2) is 5.61. The Morgan fingerprint density at radius 3 is 2.79 bits per heavy atom. The van der Waals surface area contributed by atoms with Gasteiger partial charge in [0.25, 0.3) is 5.91 Å². The number of hydrogen-bond donors (Lipinski definition) is 1. The van der Waals surface area contributed by atoms with Crippen molar-refractivity contribution in [2.24, 2.45) is 0 Å². The molecule has 1 N–H and O–H groups in total. The molecule has 0 saturated carbocycles. The van der Waals surface area contributed by atoms with Crippen molar-refractivity contribution in [1.82, 2.24) is 9.80 Å².